The number of ether oxygens (including phenoxy) is 1. The molecule has 0 amide bonds. The van der Waals surface area contributed by atoms with Crippen molar-refractivity contribution in [2.75, 3.05) is 23.8 Å². The molecule has 0 saturated carbocycles. The van der Waals surface area contributed by atoms with Gasteiger partial charge in [0.15, 0.2) is 0 Å². The van der Waals surface area contributed by atoms with Crippen LogP contribution < -0.4 is 10.6 Å². The molecule has 3 rings (SSSR count). The molecule has 150 valence electrons. The first-order valence-corrected chi connectivity index (χ1v) is 9.43. The highest BCUT2D eigenvalue weighted by Gasteiger charge is 2.13. The number of aromatic nitrogens is 2. The van der Waals surface area contributed by atoms with E-state index in [9.17, 15) is 9.18 Å². The second kappa shape index (κ2) is 9.64. The molecule has 2 N–H and O–H groups in total. The molecule has 0 saturated heterocycles. The van der Waals surface area contributed by atoms with Crippen molar-refractivity contribution in [2.45, 2.75) is 20.3 Å². The van der Waals surface area contributed by atoms with E-state index in [-0.39, 0.29) is 5.82 Å². The topological polar surface area (TPSA) is 76.1 Å². The zero-order valence-corrected chi connectivity index (χ0v) is 16.4. The Morgan fingerprint density at radius 3 is 2.59 bits per heavy atom. The Hall–Kier alpha value is -3.48. The van der Waals surface area contributed by atoms with Gasteiger partial charge in [0.25, 0.3) is 0 Å². The van der Waals surface area contributed by atoms with Crippen molar-refractivity contribution in [2.24, 2.45) is 0 Å². The predicted molar refractivity (Wildman–Crippen MR) is 111 cm³/mol. The van der Waals surface area contributed by atoms with E-state index in [4.69, 9.17) is 4.74 Å². The molecule has 1 heterocycles. The maximum absolute atomic E-state index is 13.7. The zero-order valence-electron chi connectivity index (χ0n) is 16.4. The summed E-state index contributed by atoms with van der Waals surface area (Å²) in [4.78, 5) is 20.9. The summed E-state index contributed by atoms with van der Waals surface area (Å²) in [5.41, 5.74) is 1.67. The highest BCUT2D eigenvalue weighted by Crippen LogP contribution is 2.22. The Morgan fingerprint density at radius 1 is 1.07 bits per heavy atom. The molecule has 7 heteroatoms. The van der Waals surface area contributed by atoms with Gasteiger partial charge in [-0.3, -0.25) is 0 Å². The van der Waals surface area contributed by atoms with Crippen molar-refractivity contribution in [3.05, 3.63) is 77.4 Å². The lowest BCUT2D eigenvalue weighted by molar-refractivity contribution is 0.0527. The molecule has 0 bridgehead atoms. The first-order valence-electron chi connectivity index (χ1n) is 9.43. The van der Waals surface area contributed by atoms with E-state index < -0.39 is 5.97 Å². The van der Waals surface area contributed by atoms with Crippen LogP contribution in [0.2, 0.25) is 0 Å². The second-order valence-corrected chi connectivity index (χ2v) is 6.34. The first-order chi connectivity index (χ1) is 14.1. The summed E-state index contributed by atoms with van der Waals surface area (Å²) in [5.74, 6) is 1.11. The Bertz CT molecular complexity index is 994. The van der Waals surface area contributed by atoms with Crippen molar-refractivity contribution in [3.8, 4) is 0 Å². The summed E-state index contributed by atoms with van der Waals surface area (Å²) < 4.78 is 18.8. The Balaban J connectivity index is 1.71. The Labute approximate surface area is 169 Å². The molecule has 0 aliphatic heterocycles. The van der Waals surface area contributed by atoms with Crippen LogP contribution in [0.25, 0.3) is 0 Å². The largest absolute Gasteiger partial charge is 0.462 e. The van der Waals surface area contributed by atoms with Gasteiger partial charge in [-0.1, -0.05) is 30.3 Å². The SMILES string of the molecule is CCOC(=O)c1ccccc1Nc1cc(NCCc2ccccc2F)nc(C)n1. The van der Waals surface area contributed by atoms with E-state index >= 15 is 0 Å². The van der Waals surface area contributed by atoms with E-state index in [2.05, 4.69) is 20.6 Å². The molecule has 29 heavy (non-hydrogen) atoms. The fourth-order valence-electron chi connectivity index (χ4n) is 2.87. The number of rotatable bonds is 8. The van der Waals surface area contributed by atoms with Crippen LogP contribution >= 0.6 is 0 Å². The van der Waals surface area contributed by atoms with Gasteiger partial charge in [0.2, 0.25) is 0 Å². The lowest BCUT2D eigenvalue weighted by atomic mass is 10.1. The lowest BCUT2D eigenvalue weighted by Crippen LogP contribution is -2.10. The van der Waals surface area contributed by atoms with Gasteiger partial charge < -0.3 is 15.4 Å². The molecule has 0 spiro atoms. The number of benzene rings is 2. The van der Waals surface area contributed by atoms with Gasteiger partial charge in [-0.15, -0.1) is 0 Å². The number of nitrogens with zero attached hydrogens (tertiary/aromatic N) is 2. The van der Waals surface area contributed by atoms with E-state index in [1.807, 2.05) is 12.1 Å². The minimum absolute atomic E-state index is 0.217. The molecule has 3 aromatic rings. The first kappa shape index (κ1) is 20.3. The number of esters is 1. The third kappa shape index (κ3) is 5.51. The number of nitrogens with one attached hydrogen (secondary N) is 2. The monoisotopic (exact) mass is 394 g/mol. The molecule has 6 nitrogen and oxygen atoms in total. The normalized spacial score (nSPS) is 10.4. The van der Waals surface area contributed by atoms with Gasteiger partial charge in [-0.05, 0) is 44.0 Å². The minimum atomic E-state index is -0.399. The minimum Gasteiger partial charge on any atom is -0.462 e. The van der Waals surface area contributed by atoms with Crippen molar-refractivity contribution < 1.29 is 13.9 Å². The van der Waals surface area contributed by atoms with Gasteiger partial charge >= 0.3 is 5.97 Å². The predicted octanol–water partition coefficient (Wildman–Crippen LogP) is 4.50. The van der Waals surface area contributed by atoms with Crippen LogP contribution in [0.15, 0.2) is 54.6 Å². The number of para-hydroxylation sites is 1. The van der Waals surface area contributed by atoms with E-state index in [1.54, 1.807) is 50.2 Å². The highest BCUT2D eigenvalue weighted by molar-refractivity contribution is 5.96. The standard InChI is InChI=1S/C22H23FN4O2/c1-3-29-22(28)17-9-5-7-11-19(17)27-21-14-20(25-15(2)26-21)24-13-12-16-8-4-6-10-18(16)23/h4-11,14H,3,12-13H2,1-2H3,(H2,24,25,26,27). The van der Waals surface area contributed by atoms with Crippen LogP contribution in [0, 0.1) is 12.7 Å². The third-order valence-corrected chi connectivity index (χ3v) is 4.18. The molecule has 0 aliphatic carbocycles. The van der Waals surface area contributed by atoms with E-state index in [1.165, 1.54) is 6.07 Å². The fourth-order valence-corrected chi connectivity index (χ4v) is 2.87. The quantitative estimate of drug-likeness (QED) is 0.548. The highest BCUT2D eigenvalue weighted by atomic mass is 19.1. The Kier molecular flexibility index (Phi) is 6.73. The molecular formula is C22H23FN4O2. The van der Waals surface area contributed by atoms with Crippen LogP contribution in [0.5, 0.6) is 0 Å². The number of hydrogen-bond acceptors (Lipinski definition) is 6. The summed E-state index contributed by atoms with van der Waals surface area (Å²) >= 11 is 0. The van der Waals surface area contributed by atoms with Crippen molar-refractivity contribution in [1.29, 1.82) is 0 Å². The molecular weight excluding hydrogens is 371 g/mol. The maximum atomic E-state index is 13.7. The summed E-state index contributed by atoms with van der Waals surface area (Å²) in [5, 5.41) is 6.35. The summed E-state index contributed by atoms with van der Waals surface area (Å²) in [6.45, 7) is 4.37. The third-order valence-electron chi connectivity index (χ3n) is 4.18. The zero-order chi connectivity index (χ0) is 20.6. The number of halogens is 1. The van der Waals surface area contributed by atoms with Gasteiger partial charge in [0.05, 0.1) is 17.9 Å². The second-order valence-electron chi connectivity index (χ2n) is 6.34. The maximum Gasteiger partial charge on any atom is 0.340 e. The van der Waals surface area contributed by atoms with Crippen molar-refractivity contribution >= 4 is 23.3 Å². The van der Waals surface area contributed by atoms with Crippen LogP contribution in [0.4, 0.5) is 21.7 Å². The van der Waals surface area contributed by atoms with Crippen molar-refractivity contribution in [1.82, 2.24) is 9.97 Å². The average Bonchev–Trinajstić information content (AvgIpc) is 2.70. The van der Waals surface area contributed by atoms with E-state index in [0.29, 0.717) is 53.8 Å². The molecule has 0 atom stereocenters. The molecule has 2 aromatic carbocycles. The number of anilines is 3. The molecule has 0 radical (unpaired) electrons. The van der Waals surface area contributed by atoms with Crippen LogP contribution in [-0.4, -0.2) is 29.1 Å². The van der Waals surface area contributed by atoms with Gasteiger partial charge in [-0.25, -0.2) is 19.2 Å². The number of carbonyl (C=O) groups excluding carboxylic acids is 1. The average molecular weight is 394 g/mol. The van der Waals surface area contributed by atoms with Gasteiger partial charge in [0.1, 0.15) is 23.3 Å². The molecule has 0 unspecified atom stereocenters. The van der Waals surface area contributed by atoms with Gasteiger partial charge in [-0.2, -0.15) is 0 Å². The summed E-state index contributed by atoms with van der Waals surface area (Å²) in [6, 6.07) is 15.5. The molecule has 0 aliphatic rings. The smallest absolute Gasteiger partial charge is 0.340 e. The number of aryl methyl sites for hydroxylation is 1. The molecule has 0 fully saturated rings. The van der Waals surface area contributed by atoms with Gasteiger partial charge in [0, 0.05) is 12.6 Å². The van der Waals surface area contributed by atoms with Crippen LogP contribution in [0.3, 0.4) is 0 Å². The Morgan fingerprint density at radius 2 is 1.79 bits per heavy atom. The molecule has 1 aromatic heterocycles. The van der Waals surface area contributed by atoms with Crippen LogP contribution in [0.1, 0.15) is 28.7 Å². The number of carbonyl (C=O) groups is 1. The summed E-state index contributed by atoms with van der Waals surface area (Å²) in [7, 11) is 0. The number of hydrogen-bond donors (Lipinski definition) is 2. The van der Waals surface area contributed by atoms with Crippen molar-refractivity contribution in [3.63, 3.8) is 0 Å². The summed E-state index contributed by atoms with van der Waals surface area (Å²) in [6.07, 6.45) is 0.532. The van der Waals surface area contributed by atoms with Crippen LogP contribution in [-0.2, 0) is 11.2 Å². The fraction of sp³-hybridized carbons (Fsp3) is 0.227. The lowest BCUT2D eigenvalue weighted by Gasteiger charge is -2.13. The van der Waals surface area contributed by atoms with E-state index in [0.717, 1.165) is 0 Å².